The fourth-order valence-electron chi connectivity index (χ4n) is 8.70. The quantitative estimate of drug-likeness (QED) is 0.0344. The van der Waals surface area contributed by atoms with Crippen LogP contribution in [-0.4, -0.2) is 37.2 Å². The molecule has 0 fully saturated rings. The Kier molecular flexibility index (Phi) is 48.6. The minimum atomic E-state index is -0.763. The Hall–Kier alpha value is -1.59. The van der Waals surface area contributed by atoms with E-state index in [2.05, 4.69) is 34.6 Å². The molecule has 63 heavy (non-hydrogen) atoms. The molecule has 0 aromatic rings. The summed E-state index contributed by atoms with van der Waals surface area (Å²) in [6.45, 7) is 11.3. The van der Waals surface area contributed by atoms with E-state index in [0.29, 0.717) is 19.3 Å². The molecule has 0 unspecified atom stereocenters. The van der Waals surface area contributed by atoms with E-state index in [1.54, 1.807) is 0 Å². The molecule has 0 N–H and O–H groups in total. The van der Waals surface area contributed by atoms with Gasteiger partial charge in [0, 0.05) is 19.3 Å². The van der Waals surface area contributed by atoms with Gasteiger partial charge in [-0.05, 0) is 31.1 Å². The fraction of sp³-hybridized carbons (Fsp3) is 0.947. The molecule has 0 aliphatic heterocycles. The molecule has 0 aliphatic rings. The smallest absolute Gasteiger partial charge is 0.306 e. The lowest BCUT2D eigenvalue weighted by Gasteiger charge is -2.18. The molecular weight excluding hydrogens is 781 g/mol. The number of carbonyl (C=O) groups is 3. The summed E-state index contributed by atoms with van der Waals surface area (Å²) in [5.41, 5.74) is 0. The van der Waals surface area contributed by atoms with E-state index < -0.39 is 6.10 Å². The molecule has 0 aliphatic carbocycles. The summed E-state index contributed by atoms with van der Waals surface area (Å²) < 4.78 is 16.8. The molecule has 1 atom stereocenters. The van der Waals surface area contributed by atoms with Gasteiger partial charge in [0.2, 0.25) is 0 Å². The molecule has 6 nitrogen and oxygen atoms in total. The molecule has 0 saturated heterocycles. The van der Waals surface area contributed by atoms with Gasteiger partial charge in [-0.25, -0.2) is 0 Å². The Morgan fingerprint density at radius 2 is 0.524 bits per heavy atom. The second-order valence-corrected chi connectivity index (χ2v) is 20.5. The first-order valence-electron chi connectivity index (χ1n) is 28.2. The lowest BCUT2D eigenvalue weighted by atomic mass is 10.0. The third-order valence-corrected chi connectivity index (χ3v) is 13.0. The number of carbonyl (C=O) groups excluding carboxylic acids is 3. The first kappa shape index (κ1) is 61.4. The normalized spacial score (nSPS) is 12.0. The van der Waals surface area contributed by atoms with Crippen molar-refractivity contribution in [2.24, 2.45) is 11.8 Å². The molecular formula is C57H110O6. The van der Waals surface area contributed by atoms with E-state index in [1.165, 1.54) is 205 Å². The topological polar surface area (TPSA) is 78.9 Å². The maximum atomic E-state index is 12.8. The third-order valence-electron chi connectivity index (χ3n) is 13.0. The van der Waals surface area contributed by atoms with E-state index >= 15 is 0 Å². The van der Waals surface area contributed by atoms with Crippen LogP contribution >= 0.6 is 0 Å². The summed E-state index contributed by atoms with van der Waals surface area (Å²) in [6, 6.07) is 0. The van der Waals surface area contributed by atoms with Gasteiger partial charge < -0.3 is 14.2 Å². The van der Waals surface area contributed by atoms with Gasteiger partial charge in [-0.1, -0.05) is 279 Å². The third kappa shape index (κ3) is 51.3. The summed E-state index contributed by atoms with van der Waals surface area (Å²) in [4.78, 5) is 38.0. The Morgan fingerprint density at radius 3 is 0.778 bits per heavy atom. The van der Waals surface area contributed by atoms with Crippen molar-refractivity contribution in [1.29, 1.82) is 0 Å². The van der Waals surface area contributed by atoms with Gasteiger partial charge in [0.15, 0.2) is 6.10 Å². The standard InChI is InChI=1S/C57H110O6/c1-6-7-8-9-10-11-12-13-14-15-16-17-18-23-26-29-32-39-44-49-57(60)63-54(51-62-56(59)48-43-38-34-33-36-41-46-53(4)5)50-61-55(58)47-42-37-31-28-25-22-20-19-21-24-27-30-35-40-45-52(2)3/h52-54H,6-51H2,1-5H3/t54-/m0/s1. The molecule has 6 heteroatoms. The van der Waals surface area contributed by atoms with Crippen LogP contribution in [0.15, 0.2) is 0 Å². The number of unbranched alkanes of at least 4 members (excludes halogenated alkanes) is 36. The van der Waals surface area contributed by atoms with Crippen molar-refractivity contribution >= 4 is 17.9 Å². The van der Waals surface area contributed by atoms with Gasteiger partial charge in [-0.15, -0.1) is 0 Å². The second kappa shape index (κ2) is 49.8. The van der Waals surface area contributed by atoms with Gasteiger partial charge in [0.05, 0.1) is 0 Å². The molecule has 0 rings (SSSR count). The van der Waals surface area contributed by atoms with Crippen molar-refractivity contribution in [2.45, 2.75) is 323 Å². The van der Waals surface area contributed by atoms with Gasteiger partial charge in [-0.3, -0.25) is 14.4 Å². The van der Waals surface area contributed by atoms with Crippen LogP contribution in [-0.2, 0) is 28.6 Å². The van der Waals surface area contributed by atoms with Crippen LogP contribution in [0.5, 0.6) is 0 Å². The zero-order chi connectivity index (χ0) is 46.1. The molecule has 0 heterocycles. The molecule has 0 bridgehead atoms. The number of esters is 3. The minimum absolute atomic E-state index is 0.0639. The molecule has 0 radical (unpaired) electrons. The monoisotopic (exact) mass is 891 g/mol. The lowest BCUT2D eigenvalue weighted by molar-refractivity contribution is -0.167. The highest BCUT2D eigenvalue weighted by Gasteiger charge is 2.19. The highest BCUT2D eigenvalue weighted by atomic mass is 16.6. The van der Waals surface area contributed by atoms with Crippen LogP contribution < -0.4 is 0 Å². The zero-order valence-electron chi connectivity index (χ0n) is 43.2. The lowest BCUT2D eigenvalue weighted by Crippen LogP contribution is -2.30. The van der Waals surface area contributed by atoms with Crippen LogP contribution in [0.1, 0.15) is 317 Å². The Morgan fingerprint density at radius 1 is 0.302 bits per heavy atom. The summed E-state index contributed by atoms with van der Waals surface area (Å²) in [5, 5.41) is 0. The van der Waals surface area contributed by atoms with E-state index in [0.717, 1.165) is 69.6 Å². The Labute approximate surface area is 393 Å². The predicted octanol–water partition coefficient (Wildman–Crippen LogP) is 18.5. The molecule has 0 spiro atoms. The highest BCUT2D eigenvalue weighted by molar-refractivity contribution is 5.71. The SMILES string of the molecule is CCCCCCCCCCCCCCCCCCCCCC(=O)O[C@@H](COC(=O)CCCCCCCCCCCCCCCCC(C)C)COC(=O)CCCCCCCCC(C)C. The van der Waals surface area contributed by atoms with Crippen molar-refractivity contribution < 1.29 is 28.6 Å². The van der Waals surface area contributed by atoms with E-state index in [1.807, 2.05) is 0 Å². The predicted molar refractivity (Wildman–Crippen MR) is 270 cm³/mol. The number of hydrogen-bond acceptors (Lipinski definition) is 6. The Bertz CT molecular complexity index is 962. The molecule has 0 aromatic carbocycles. The summed E-state index contributed by atoms with van der Waals surface area (Å²) in [5.74, 6) is 0.761. The fourth-order valence-corrected chi connectivity index (χ4v) is 8.70. The van der Waals surface area contributed by atoms with Crippen LogP contribution in [0.25, 0.3) is 0 Å². The number of hydrogen-bond donors (Lipinski definition) is 0. The van der Waals surface area contributed by atoms with Crippen LogP contribution in [0.4, 0.5) is 0 Å². The van der Waals surface area contributed by atoms with Crippen molar-refractivity contribution in [3.63, 3.8) is 0 Å². The van der Waals surface area contributed by atoms with Crippen LogP contribution in [0, 0.1) is 11.8 Å². The van der Waals surface area contributed by atoms with Crippen molar-refractivity contribution in [3.05, 3.63) is 0 Å². The molecule has 0 saturated carbocycles. The van der Waals surface area contributed by atoms with Crippen molar-refractivity contribution in [2.75, 3.05) is 13.2 Å². The summed E-state index contributed by atoms with van der Waals surface area (Å²) >= 11 is 0. The van der Waals surface area contributed by atoms with Gasteiger partial charge in [0.1, 0.15) is 13.2 Å². The highest BCUT2D eigenvalue weighted by Crippen LogP contribution is 2.18. The Balaban J connectivity index is 4.22. The van der Waals surface area contributed by atoms with Crippen molar-refractivity contribution in [3.8, 4) is 0 Å². The average Bonchev–Trinajstić information content (AvgIpc) is 3.25. The first-order valence-corrected chi connectivity index (χ1v) is 28.2. The van der Waals surface area contributed by atoms with Gasteiger partial charge >= 0.3 is 17.9 Å². The average molecular weight is 892 g/mol. The summed E-state index contributed by atoms with van der Waals surface area (Å²) in [7, 11) is 0. The van der Waals surface area contributed by atoms with Crippen molar-refractivity contribution in [1.82, 2.24) is 0 Å². The largest absolute Gasteiger partial charge is 0.462 e. The second-order valence-electron chi connectivity index (χ2n) is 20.5. The molecule has 374 valence electrons. The first-order chi connectivity index (χ1) is 30.7. The van der Waals surface area contributed by atoms with Crippen LogP contribution in [0.3, 0.4) is 0 Å². The van der Waals surface area contributed by atoms with Crippen LogP contribution in [0.2, 0.25) is 0 Å². The molecule has 0 aromatic heterocycles. The van der Waals surface area contributed by atoms with Gasteiger partial charge in [0.25, 0.3) is 0 Å². The number of ether oxygens (including phenoxy) is 3. The minimum Gasteiger partial charge on any atom is -0.462 e. The zero-order valence-corrected chi connectivity index (χ0v) is 43.2. The van der Waals surface area contributed by atoms with E-state index in [-0.39, 0.29) is 31.1 Å². The molecule has 0 amide bonds. The maximum Gasteiger partial charge on any atom is 0.306 e. The maximum absolute atomic E-state index is 12.8. The van der Waals surface area contributed by atoms with E-state index in [4.69, 9.17) is 14.2 Å². The van der Waals surface area contributed by atoms with E-state index in [9.17, 15) is 14.4 Å². The summed E-state index contributed by atoms with van der Waals surface area (Å²) in [6.07, 6.45) is 52.6. The van der Waals surface area contributed by atoms with Gasteiger partial charge in [-0.2, -0.15) is 0 Å². The number of rotatable bonds is 51.